The lowest BCUT2D eigenvalue weighted by Gasteiger charge is -2.33. The van der Waals surface area contributed by atoms with Gasteiger partial charge in [-0.05, 0) is 55.3 Å². The molecule has 1 amide bonds. The maximum Gasteiger partial charge on any atom is 0.416 e. The number of amides is 1. The predicted molar refractivity (Wildman–Crippen MR) is 132 cm³/mol. The number of likely N-dealkylation sites (tertiary alicyclic amines) is 1. The number of halogens is 3. The third-order valence-electron chi connectivity index (χ3n) is 6.85. The van der Waals surface area contributed by atoms with E-state index < -0.39 is 11.7 Å². The fourth-order valence-electron chi connectivity index (χ4n) is 4.94. The van der Waals surface area contributed by atoms with E-state index in [1.807, 2.05) is 41.3 Å². The lowest BCUT2D eigenvalue weighted by atomic mass is 9.93. The van der Waals surface area contributed by atoms with E-state index in [1.54, 1.807) is 12.1 Å². The van der Waals surface area contributed by atoms with Crippen LogP contribution in [-0.4, -0.2) is 55.2 Å². The highest BCUT2D eigenvalue weighted by Crippen LogP contribution is 2.33. The highest BCUT2D eigenvalue weighted by Gasteiger charge is 2.31. The van der Waals surface area contributed by atoms with Gasteiger partial charge in [-0.15, -0.1) is 0 Å². The first kappa shape index (κ1) is 24.3. The van der Waals surface area contributed by atoms with E-state index in [9.17, 15) is 18.0 Å². The zero-order chi connectivity index (χ0) is 25.1. The smallest absolute Gasteiger partial charge is 0.378 e. The van der Waals surface area contributed by atoms with E-state index in [4.69, 9.17) is 9.72 Å². The van der Waals surface area contributed by atoms with E-state index in [1.165, 1.54) is 6.07 Å². The summed E-state index contributed by atoms with van der Waals surface area (Å²) in [6.45, 7) is 4.16. The number of morpholine rings is 1. The molecule has 2 aliphatic heterocycles. The summed E-state index contributed by atoms with van der Waals surface area (Å²) in [7, 11) is 0. The third kappa shape index (κ3) is 5.38. The van der Waals surface area contributed by atoms with Crippen molar-refractivity contribution in [2.45, 2.75) is 24.9 Å². The Morgan fingerprint density at radius 2 is 1.72 bits per heavy atom. The molecule has 0 radical (unpaired) electrons. The average Bonchev–Trinajstić information content (AvgIpc) is 2.93. The van der Waals surface area contributed by atoms with Crippen molar-refractivity contribution >= 4 is 11.6 Å². The van der Waals surface area contributed by atoms with Gasteiger partial charge in [0.15, 0.2) is 0 Å². The molecule has 0 aliphatic carbocycles. The summed E-state index contributed by atoms with van der Waals surface area (Å²) in [6.07, 6.45) is -2.69. The van der Waals surface area contributed by atoms with Crippen molar-refractivity contribution in [3.05, 3.63) is 83.6 Å². The summed E-state index contributed by atoms with van der Waals surface area (Å²) < 4.78 is 45.0. The first-order chi connectivity index (χ1) is 17.4. The third-order valence-corrected chi connectivity index (χ3v) is 6.85. The number of piperidine rings is 1. The minimum atomic E-state index is -4.41. The van der Waals surface area contributed by atoms with Gasteiger partial charge in [0.05, 0.1) is 24.5 Å². The molecule has 36 heavy (non-hydrogen) atoms. The largest absolute Gasteiger partial charge is 0.416 e. The minimum Gasteiger partial charge on any atom is -0.378 e. The second kappa shape index (κ2) is 10.3. The number of rotatable bonds is 4. The zero-order valence-electron chi connectivity index (χ0n) is 19.9. The Balaban J connectivity index is 1.32. The monoisotopic (exact) mass is 495 g/mol. The number of aromatic nitrogens is 1. The molecule has 2 aliphatic rings. The van der Waals surface area contributed by atoms with Crippen LogP contribution in [0.2, 0.25) is 0 Å². The van der Waals surface area contributed by atoms with E-state index in [0.29, 0.717) is 43.1 Å². The topological polar surface area (TPSA) is 45.7 Å². The van der Waals surface area contributed by atoms with Crippen molar-refractivity contribution in [2.75, 3.05) is 44.3 Å². The van der Waals surface area contributed by atoms with Crippen molar-refractivity contribution < 1.29 is 22.7 Å². The summed E-state index contributed by atoms with van der Waals surface area (Å²) >= 11 is 0. The highest BCUT2D eigenvalue weighted by atomic mass is 19.4. The summed E-state index contributed by atoms with van der Waals surface area (Å²) in [4.78, 5) is 22.2. The van der Waals surface area contributed by atoms with Crippen LogP contribution < -0.4 is 4.90 Å². The Labute approximate surface area is 208 Å². The van der Waals surface area contributed by atoms with Crippen LogP contribution in [0, 0.1) is 0 Å². The molecule has 5 rings (SSSR count). The second-order valence-electron chi connectivity index (χ2n) is 9.27. The lowest BCUT2D eigenvalue weighted by Crippen LogP contribution is -2.39. The fraction of sp³-hybridized carbons (Fsp3) is 0.357. The van der Waals surface area contributed by atoms with Crippen LogP contribution in [0.25, 0.3) is 11.3 Å². The van der Waals surface area contributed by atoms with Gasteiger partial charge in [0, 0.05) is 54.6 Å². The number of ether oxygens (including phenoxy) is 1. The quantitative estimate of drug-likeness (QED) is 0.471. The van der Waals surface area contributed by atoms with E-state index in [2.05, 4.69) is 4.90 Å². The summed E-state index contributed by atoms with van der Waals surface area (Å²) in [5, 5.41) is 0. The van der Waals surface area contributed by atoms with Gasteiger partial charge in [0.2, 0.25) is 0 Å². The molecule has 0 N–H and O–H groups in total. The number of alkyl halides is 3. The number of anilines is 1. The standard InChI is InChI=1S/C28H28F3N3O2/c29-28(30,31)23-8-1-5-20(17-23)25-10-3-11-26(32-25)22-7-4-12-34(19-22)27(35)21-6-2-9-24(18-21)33-13-15-36-16-14-33/h1-3,5-6,8-11,17-18,22H,4,7,12-16,19H2/t22-/m1/s1. The van der Waals surface area contributed by atoms with Gasteiger partial charge in [0.1, 0.15) is 0 Å². The van der Waals surface area contributed by atoms with Crippen molar-refractivity contribution in [3.8, 4) is 11.3 Å². The molecule has 0 bridgehead atoms. The molecule has 0 spiro atoms. The van der Waals surface area contributed by atoms with Crippen LogP contribution in [0.3, 0.4) is 0 Å². The van der Waals surface area contributed by atoms with Gasteiger partial charge in [-0.25, -0.2) is 0 Å². The molecule has 2 saturated heterocycles. The van der Waals surface area contributed by atoms with Crippen LogP contribution in [0.5, 0.6) is 0 Å². The first-order valence-corrected chi connectivity index (χ1v) is 12.2. The molecular weight excluding hydrogens is 467 g/mol. The molecule has 2 fully saturated rings. The number of carbonyl (C=O) groups excluding carboxylic acids is 1. The first-order valence-electron chi connectivity index (χ1n) is 12.2. The van der Waals surface area contributed by atoms with E-state index in [0.717, 1.165) is 49.4 Å². The summed E-state index contributed by atoms with van der Waals surface area (Å²) in [5.41, 5.74) is 2.71. The predicted octanol–water partition coefficient (Wildman–Crippen LogP) is 5.62. The molecule has 8 heteroatoms. The number of hydrogen-bond donors (Lipinski definition) is 0. The molecule has 5 nitrogen and oxygen atoms in total. The number of hydrogen-bond acceptors (Lipinski definition) is 4. The number of benzene rings is 2. The minimum absolute atomic E-state index is 0.0103. The van der Waals surface area contributed by atoms with Crippen molar-refractivity contribution in [2.24, 2.45) is 0 Å². The Bertz CT molecular complexity index is 1220. The van der Waals surface area contributed by atoms with Gasteiger partial charge in [-0.3, -0.25) is 9.78 Å². The Morgan fingerprint density at radius 3 is 2.53 bits per heavy atom. The lowest BCUT2D eigenvalue weighted by molar-refractivity contribution is -0.137. The van der Waals surface area contributed by atoms with Crippen LogP contribution >= 0.6 is 0 Å². The molecule has 0 unspecified atom stereocenters. The molecule has 188 valence electrons. The molecule has 1 atom stereocenters. The molecule has 3 heterocycles. The maximum atomic E-state index is 13.4. The number of carbonyl (C=O) groups is 1. The van der Waals surface area contributed by atoms with E-state index >= 15 is 0 Å². The van der Waals surface area contributed by atoms with Crippen molar-refractivity contribution in [3.63, 3.8) is 0 Å². The summed E-state index contributed by atoms with van der Waals surface area (Å²) in [6, 6.07) is 18.4. The Hall–Kier alpha value is -3.39. The normalized spacial score (nSPS) is 18.8. The van der Waals surface area contributed by atoms with Gasteiger partial charge < -0.3 is 14.5 Å². The van der Waals surface area contributed by atoms with Crippen LogP contribution in [-0.2, 0) is 10.9 Å². The average molecular weight is 496 g/mol. The van der Waals surface area contributed by atoms with Gasteiger partial charge in [-0.1, -0.05) is 24.3 Å². The van der Waals surface area contributed by atoms with E-state index in [-0.39, 0.29) is 11.8 Å². The zero-order valence-corrected chi connectivity index (χ0v) is 19.9. The maximum absolute atomic E-state index is 13.4. The second-order valence-corrected chi connectivity index (χ2v) is 9.27. The Kier molecular flexibility index (Phi) is 6.96. The number of nitrogens with zero attached hydrogens (tertiary/aromatic N) is 3. The van der Waals surface area contributed by atoms with Crippen molar-refractivity contribution in [1.29, 1.82) is 0 Å². The van der Waals surface area contributed by atoms with Gasteiger partial charge in [0.25, 0.3) is 5.91 Å². The molecule has 1 aromatic heterocycles. The number of pyridine rings is 1. The molecular formula is C28H28F3N3O2. The summed E-state index contributed by atoms with van der Waals surface area (Å²) in [5.74, 6) is 0.0136. The van der Waals surface area contributed by atoms with Crippen molar-refractivity contribution in [1.82, 2.24) is 9.88 Å². The molecule has 2 aromatic carbocycles. The SMILES string of the molecule is O=C(c1cccc(N2CCOCC2)c1)N1CCC[C@@H](c2cccc(-c3cccc(C(F)(F)F)c3)n2)C1. The van der Waals surface area contributed by atoms with Crippen LogP contribution in [0.4, 0.5) is 18.9 Å². The molecule has 3 aromatic rings. The van der Waals surface area contributed by atoms with Gasteiger partial charge in [-0.2, -0.15) is 13.2 Å². The van der Waals surface area contributed by atoms with Crippen LogP contribution in [0.15, 0.2) is 66.7 Å². The fourth-order valence-corrected chi connectivity index (χ4v) is 4.94. The highest BCUT2D eigenvalue weighted by molar-refractivity contribution is 5.95. The Morgan fingerprint density at radius 1 is 0.944 bits per heavy atom. The van der Waals surface area contributed by atoms with Crippen LogP contribution in [0.1, 0.15) is 40.4 Å². The molecule has 0 saturated carbocycles. The van der Waals surface area contributed by atoms with Gasteiger partial charge >= 0.3 is 6.18 Å².